The summed E-state index contributed by atoms with van der Waals surface area (Å²) in [5.74, 6) is -1.08. The molecule has 0 heterocycles. The van der Waals surface area contributed by atoms with Crippen molar-refractivity contribution in [2.75, 3.05) is 0 Å². The van der Waals surface area contributed by atoms with Gasteiger partial charge in [0, 0.05) is 12.0 Å². The van der Waals surface area contributed by atoms with E-state index in [0.717, 1.165) is 25.3 Å². The lowest BCUT2D eigenvalue weighted by Crippen LogP contribution is -2.55. The van der Waals surface area contributed by atoms with E-state index < -0.39 is 17.3 Å². The first-order valence-electron chi connectivity index (χ1n) is 9.15. The first-order valence-corrected chi connectivity index (χ1v) is 9.15. The number of unbranched alkanes of at least 4 members (excludes halogenated alkanes) is 5. The van der Waals surface area contributed by atoms with Gasteiger partial charge >= 0.3 is 0 Å². The Balaban J connectivity index is 2.62. The van der Waals surface area contributed by atoms with Crippen molar-refractivity contribution in [1.82, 2.24) is 10.4 Å². The standard InChI is InChI=1S/C20H31FN2O2/c1-5-6-7-8-9-10-14-18(24)23(20(2,3)4)22-19(25)16-12-11-13-17(21)15-16/h11-13,15H,5-10,14H2,1-4H3,(H,22,25). The van der Waals surface area contributed by atoms with Crippen LogP contribution in [0.25, 0.3) is 0 Å². The Morgan fingerprint density at radius 1 is 1.08 bits per heavy atom. The smallest absolute Gasteiger partial charge is 0.269 e. The molecule has 5 heteroatoms. The summed E-state index contributed by atoms with van der Waals surface area (Å²) >= 11 is 0. The van der Waals surface area contributed by atoms with Crippen LogP contribution in [0.4, 0.5) is 4.39 Å². The maximum absolute atomic E-state index is 13.3. The fourth-order valence-electron chi connectivity index (χ4n) is 2.57. The molecule has 1 rings (SSSR count). The molecule has 1 aromatic carbocycles. The zero-order valence-electron chi connectivity index (χ0n) is 15.9. The zero-order chi connectivity index (χ0) is 18.9. The number of halogens is 1. The highest BCUT2D eigenvalue weighted by Gasteiger charge is 2.28. The molecule has 0 bridgehead atoms. The fourth-order valence-corrected chi connectivity index (χ4v) is 2.57. The van der Waals surface area contributed by atoms with Gasteiger partial charge in [0.05, 0.1) is 5.54 Å². The van der Waals surface area contributed by atoms with Crippen molar-refractivity contribution in [2.24, 2.45) is 0 Å². The summed E-state index contributed by atoms with van der Waals surface area (Å²) in [6.07, 6.45) is 6.98. The van der Waals surface area contributed by atoms with Crippen LogP contribution in [0.2, 0.25) is 0 Å². The maximum atomic E-state index is 13.3. The molecule has 0 saturated carbocycles. The monoisotopic (exact) mass is 350 g/mol. The average Bonchev–Trinajstić information content (AvgIpc) is 2.54. The van der Waals surface area contributed by atoms with Gasteiger partial charge < -0.3 is 0 Å². The van der Waals surface area contributed by atoms with Crippen molar-refractivity contribution in [2.45, 2.75) is 78.2 Å². The first-order chi connectivity index (χ1) is 11.8. The molecule has 0 aromatic heterocycles. The number of amides is 2. The van der Waals surface area contributed by atoms with Gasteiger partial charge in [-0.25, -0.2) is 9.40 Å². The van der Waals surface area contributed by atoms with E-state index in [1.807, 2.05) is 20.8 Å². The summed E-state index contributed by atoms with van der Waals surface area (Å²) in [7, 11) is 0. The van der Waals surface area contributed by atoms with Crippen LogP contribution in [0.1, 0.15) is 83.0 Å². The number of benzene rings is 1. The summed E-state index contributed by atoms with van der Waals surface area (Å²) in [4.78, 5) is 24.9. The summed E-state index contributed by atoms with van der Waals surface area (Å²) in [5.41, 5.74) is 2.28. The van der Waals surface area contributed by atoms with Gasteiger partial charge in [0.2, 0.25) is 5.91 Å². The molecule has 0 saturated heterocycles. The minimum atomic E-state index is -0.553. The first kappa shape index (κ1) is 21.1. The van der Waals surface area contributed by atoms with Crippen molar-refractivity contribution in [3.05, 3.63) is 35.6 Å². The highest BCUT2D eigenvalue weighted by molar-refractivity contribution is 5.95. The van der Waals surface area contributed by atoms with Crippen LogP contribution in [-0.2, 0) is 4.79 Å². The maximum Gasteiger partial charge on any atom is 0.269 e. The van der Waals surface area contributed by atoms with Crippen LogP contribution in [-0.4, -0.2) is 22.4 Å². The van der Waals surface area contributed by atoms with Gasteiger partial charge in [-0.05, 0) is 45.4 Å². The van der Waals surface area contributed by atoms with Gasteiger partial charge in [-0.1, -0.05) is 45.1 Å². The number of carbonyl (C=O) groups excluding carboxylic acids is 2. The number of rotatable bonds is 8. The molecule has 0 aliphatic carbocycles. The third-order valence-electron chi connectivity index (χ3n) is 3.96. The molecular formula is C20H31FN2O2. The van der Waals surface area contributed by atoms with Gasteiger partial charge in [-0.15, -0.1) is 0 Å². The lowest BCUT2D eigenvalue weighted by molar-refractivity contribution is -0.139. The normalized spacial score (nSPS) is 11.2. The molecule has 140 valence electrons. The number of hydrogen-bond acceptors (Lipinski definition) is 2. The summed E-state index contributed by atoms with van der Waals surface area (Å²) in [6, 6.07) is 5.44. The van der Waals surface area contributed by atoms with Crippen LogP contribution >= 0.6 is 0 Å². The molecule has 0 aliphatic rings. The third-order valence-corrected chi connectivity index (χ3v) is 3.96. The Bertz CT molecular complexity index is 567. The molecule has 1 N–H and O–H groups in total. The Hall–Kier alpha value is -1.91. The van der Waals surface area contributed by atoms with E-state index in [-0.39, 0.29) is 11.5 Å². The van der Waals surface area contributed by atoms with Crippen LogP contribution in [0, 0.1) is 5.82 Å². The lowest BCUT2D eigenvalue weighted by Gasteiger charge is -2.35. The van der Waals surface area contributed by atoms with Gasteiger partial charge in [0.25, 0.3) is 5.91 Å². The molecule has 0 unspecified atom stereocenters. The fraction of sp³-hybridized carbons (Fsp3) is 0.600. The molecule has 2 amide bonds. The molecule has 0 fully saturated rings. The number of nitrogens with zero attached hydrogens (tertiary/aromatic N) is 1. The van der Waals surface area contributed by atoms with Crippen molar-refractivity contribution < 1.29 is 14.0 Å². The van der Waals surface area contributed by atoms with E-state index in [9.17, 15) is 14.0 Å². The van der Waals surface area contributed by atoms with Crippen molar-refractivity contribution in [3.63, 3.8) is 0 Å². The quantitative estimate of drug-likeness (QED) is 0.538. The molecule has 4 nitrogen and oxygen atoms in total. The topological polar surface area (TPSA) is 49.4 Å². The SMILES string of the molecule is CCCCCCCCC(=O)N(NC(=O)c1cccc(F)c1)C(C)(C)C. The van der Waals surface area contributed by atoms with E-state index in [4.69, 9.17) is 0 Å². The molecule has 0 aliphatic heterocycles. The third kappa shape index (κ3) is 7.67. The number of hydrogen-bond donors (Lipinski definition) is 1. The van der Waals surface area contributed by atoms with Crippen molar-refractivity contribution in [3.8, 4) is 0 Å². The van der Waals surface area contributed by atoms with Crippen LogP contribution < -0.4 is 5.43 Å². The second kappa shape index (κ2) is 10.2. The van der Waals surface area contributed by atoms with Gasteiger partial charge in [-0.3, -0.25) is 15.0 Å². The van der Waals surface area contributed by atoms with Crippen LogP contribution in [0.3, 0.4) is 0 Å². The van der Waals surface area contributed by atoms with E-state index >= 15 is 0 Å². The van der Waals surface area contributed by atoms with Crippen LogP contribution in [0.5, 0.6) is 0 Å². The Morgan fingerprint density at radius 3 is 2.32 bits per heavy atom. The Labute approximate surface area is 150 Å². The molecular weight excluding hydrogens is 319 g/mol. The molecule has 0 spiro atoms. The highest BCUT2D eigenvalue weighted by atomic mass is 19.1. The lowest BCUT2D eigenvalue weighted by atomic mass is 10.1. The van der Waals surface area contributed by atoms with Crippen molar-refractivity contribution in [1.29, 1.82) is 0 Å². The Kier molecular flexibility index (Phi) is 8.59. The largest absolute Gasteiger partial charge is 0.273 e. The minimum absolute atomic E-state index is 0.118. The predicted octanol–water partition coefficient (Wildman–Crippen LogP) is 4.85. The molecule has 0 atom stereocenters. The highest BCUT2D eigenvalue weighted by Crippen LogP contribution is 2.15. The van der Waals surface area contributed by atoms with Gasteiger partial charge in [0.1, 0.15) is 5.82 Å². The zero-order valence-corrected chi connectivity index (χ0v) is 15.9. The predicted molar refractivity (Wildman–Crippen MR) is 98.5 cm³/mol. The summed E-state index contributed by atoms with van der Waals surface area (Å²) in [5, 5.41) is 1.37. The van der Waals surface area contributed by atoms with Crippen molar-refractivity contribution >= 4 is 11.8 Å². The van der Waals surface area contributed by atoms with E-state index in [1.54, 1.807) is 0 Å². The van der Waals surface area contributed by atoms with Gasteiger partial charge in [-0.2, -0.15) is 0 Å². The Morgan fingerprint density at radius 2 is 1.72 bits per heavy atom. The van der Waals surface area contributed by atoms with E-state index in [2.05, 4.69) is 12.3 Å². The summed E-state index contributed by atoms with van der Waals surface area (Å²) < 4.78 is 13.3. The van der Waals surface area contributed by atoms with Crippen LogP contribution in [0.15, 0.2) is 24.3 Å². The number of hydrazine groups is 1. The number of nitrogens with one attached hydrogen (secondary N) is 1. The minimum Gasteiger partial charge on any atom is -0.273 e. The van der Waals surface area contributed by atoms with E-state index in [0.29, 0.717) is 6.42 Å². The molecule has 0 radical (unpaired) electrons. The number of carbonyl (C=O) groups is 2. The average molecular weight is 350 g/mol. The second-order valence-corrected chi connectivity index (χ2v) is 7.37. The second-order valence-electron chi connectivity index (χ2n) is 7.37. The van der Waals surface area contributed by atoms with Gasteiger partial charge in [0.15, 0.2) is 0 Å². The molecule has 25 heavy (non-hydrogen) atoms. The molecule has 1 aromatic rings. The van der Waals surface area contributed by atoms with E-state index in [1.165, 1.54) is 42.5 Å². The summed E-state index contributed by atoms with van der Waals surface area (Å²) in [6.45, 7) is 7.75.